The fraction of sp³-hybridized carbons (Fsp3) is 1.00. The molecule has 1 saturated carbocycles. The highest BCUT2D eigenvalue weighted by atomic mass is 15.1. The van der Waals surface area contributed by atoms with E-state index in [2.05, 4.69) is 12.2 Å². The summed E-state index contributed by atoms with van der Waals surface area (Å²) in [5.74, 6) is 1.02. The Bertz CT molecular complexity index is 122. The molecule has 0 aromatic heterocycles. The van der Waals surface area contributed by atoms with Crippen molar-refractivity contribution < 1.29 is 0 Å². The van der Waals surface area contributed by atoms with Crippen LogP contribution in [0.2, 0.25) is 0 Å². The zero-order valence-corrected chi connectivity index (χ0v) is 6.11. The highest BCUT2D eigenvalue weighted by Gasteiger charge is 2.42. The monoisotopic (exact) mass is 125 g/mol. The minimum absolute atomic E-state index is 0.568. The second-order valence-electron chi connectivity index (χ2n) is 3.74. The molecule has 1 heteroatoms. The average molecular weight is 125 g/mol. The van der Waals surface area contributed by atoms with E-state index >= 15 is 0 Å². The number of fused-ring (bicyclic) bond motifs is 1. The topological polar surface area (TPSA) is 12.0 Å². The van der Waals surface area contributed by atoms with Crippen molar-refractivity contribution >= 4 is 0 Å². The van der Waals surface area contributed by atoms with Gasteiger partial charge in [0.15, 0.2) is 0 Å². The van der Waals surface area contributed by atoms with Gasteiger partial charge in [-0.05, 0) is 25.7 Å². The maximum Gasteiger partial charge on any atom is 0.0193 e. The first-order valence-electron chi connectivity index (χ1n) is 4.06. The molecule has 1 N–H and O–H groups in total. The molecule has 0 unspecified atom stereocenters. The van der Waals surface area contributed by atoms with Gasteiger partial charge in [-0.2, -0.15) is 0 Å². The van der Waals surface area contributed by atoms with Crippen LogP contribution in [0.3, 0.4) is 0 Å². The molecule has 1 heterocycles. The lowest BCUT2D eigenvalue weighted by atomic mass is 9.68. The molecule has 0 spiro atoms. The van der Waals surface area contributed by atoms with E-state index in [1.165, 1.54) is 32.2 Å². The van der Waals surface area contributed by atoms with Crippen LogP contribution in [0.15, 0.2) is 0 Å². The van der Waals surface area contributed by atoms with Gasteiger partial charge >= 0.3 is 0 Å². The van der Waals surface area contributed by atoms with Gasteiger partial charge in [0.25, 0.3) is 0 Å². The molecule has 1 saturated heterocycles. The summed E-state index contributed by atoms with van der Waals surface area (Å²) in [6.45, 7) is 3.66. The normalized spacial score (nSPS) is 49.7. The second kappa shape index (κ2) is 1.72. The lowest BCUT2D eigenvalue weighted by Crippen LogP contribution is -2.64. The van der Waals surface area contributed by atoms with Crippen LogP contribution >= 0.6 is 0 Å². The van der Waals surface area contributed by atoms with Crippen molar-refractivity contribution in [3.63, 3.8) is 0 Å². The largest absolute Gasteiger partial charge is 0.311 e. The van der Waals surface area contributed by atoms with Gasteiger partial charge in [0.05, 0.1) is 0 Å². The third-order valence-electron chi connectivity index (χ3n) is 3.15. The molecular weight excluding hydrogens is 110 g/mol. The molecule has 0 amide bonds. The molecule has 2 aliphatic rings. The molecule has 0 bridgehead atoms. The van der Waals surface area contributed by atoms with Crippen LogP contribution in [0, 0.1) is 5.92 Å². The van der Waals surface area contributed by atoms with Gasteiger partial charge in [0.2, 0.25) is 0 Å². The fourth-order valence-electron chi connectivity index (χ4n) is 2.19. The number of hydrogen-bond acceptors (Lipinski definition) is 1. The quantitative estimate of drug-likeness (QED) is 0.518. The molecule has 52 valence electrons. The van der Waals surface area contributed by atoms with Crippen LogP contribution in [0.25, 0.3) is 0 Å². The average Bonchev–Trinajstić information content (AvgIpc) is 1.82. The number of rotatable bonds is 0. The summed E-state index contributed by atoms with van der Waals surface area (Å²) in [7, 11) is 0. The molecule has 0 aromatic carbocycles. The van der Waals surface area contributed by atoms with E-state index in [-0.39, 0.29) is 0 Å². The van der Waals surface area contributed by atoms with Crippen LogP contribution in [0.1, 0.15) is 32.6 Å². The van der Waals surface area contributed by atoms with Crippen molar-refractivity contribution in [2.24, 2.45) is 5.92 Å². The highest BCUT2D eigenvalue weighted by Crippen LogP contribution is 2.38. The number of nitrogens with one attached hydrogen (secondary N) is 1. The van der Waals surface area contributed by atoms with Gasteiger partial charge in [-0.25, -0.2) is 0 Å². The Labute approximate surface area is 56.8 Å². The fourth-order valence-corrected chi connectivity index (χ4v) is 2.19. The molecule has 1 aliphatic heterocycles. The molecule has 2 atom stereocenters. The molecule has 9 heavy (non-hydrogen) atoms. The van der Waals surface area contributed by atoms with Gasteiger partial charge in [-0.15, -0.1) is 0 Å². The minimum atomic E-state index is 0.568. The Morgan fingerprint density at radius 2 is 2.33 bits per heavy atom. The summed E-state index contributed by atoms with van der Waals surface area (Å²) in [5.41, 5.74) is 0.568. The highest BCUT2D eigenvalue weighted by molar-refractivity contribution is 5.02. The van der Waals surface area contributed by atoms with Crippen LogP contribution in [0.5, 0.6) is 0 Å². The molecule has 1 nitrogen and oxygen atoms in total. The third-order valence-corrected chi connectivity index (χ3v) is 3.15. The SMILES string of the molecule is C[C@@]12CCCC[C@H]1CN2. The Kier molecular flexibility index (Phi) is 1.10. The zero-order valence-electron chi connectivity index (χ0n) is 6.11. The van der Waals surface area contributed by atoms with E-state index in [4.69, 9.17) is 0 Å². The Morgan fingerprint density at radius 3 is 2.67 bits per heavy atom. The van der Waals surface area contributed by atoms with Gasteiger partial charge < -0.3 is 5.32 Å². The number of hydrogen-bond donors (Lipinski definition) is 1. The predicted molar refractivity (Wildman–Crippen MR) is 38.4 cm³/mol. The molecule has 0 radical (unpaired) electrons. The summed E-state index contributed by atoms with van der Waals surface area (Å²) >= 11 is 0. The van der Waals surface area contributed by atoms with Gasteiger partial charge in [-0.3, -0.25) is 0 Å². The molecule has 2 rings (SSSR count). The molecule has 2 fully saturated rings. The first-order chi connectivity index (χ1) is 4.31. The van der Waals surface area contributed by atoms with Crippen molar-refractivity contribution in [2.45, 2.75) is 38.1 Å². The lowest BCUT2D eigenvalue weighted by Gasteiger charge is -2.51. The summed E-state index contributed by atoms with van der Waals surface area (Å²) in [4.78, 5) is 0. The van der Waals surface area contributed by atoms with E-state index in [0.717, 1.165) is 5.92 Å². The summed E-state index contributed by atoms with van der Waals surface area (Å²) in [6.07, 6.45) is 5.81. The van der Waals surface area contributed by atoms with Crippen molar-refractivity contribution in [1.82, 2.24) is 5.32 Å². The Hall–Kier alpha value is -0.0400. The van der Waals surface area contributed by atoms with Gasteiger partial charge in [0.1, 0.15) is 0 Å². The maximum atomic E-state index is 3.52. The first kappa shape index (κ1) is 5.72. The predicted octanol–water partition coefficient (Wildman–Crippen LogP) is 1.54. The standard InChI is InChI=1S/C8H15N/c1-8-5-3-2-4-7(8)6-9-8/h7,9H,2-6H2,1H3/t7-,8+/m0/s1. The van der Waals surface area contributed by atoms with Crippen molar-refractivity contribution in [3.05, 3.63) is 0 Å². The maximum absolute atomic E-state index is 3.52. The molecule has 1 aliphatic carbocycles. The van der Waals surface area contributed by atoms with E-state index in [0.29, 0.717) is 5.54 Å². The van der Waals surface area contributed by atoms with Crippen molar-refractivity contribution in [1.29, 1.82) is 0 Å². The van der Waals surface area contributed by atoms with E-state index < -0.39 is 0 Å². The molecule has 0 aromatic rings. The minimum Gasteiger partial charge on any atom is -0.311 e. The summed E-state index contributed by atoms with van der Waals surface area (Å²) < 4.78 is 0. The Morgan fingerprint density at radius 1 is 1.44 bits per heavy atom. The van der Waals surface area contributed by atoms with Crippen LogP contribution in [-0.4, -0.2) is 12.1 Å². The Balaban J connectivity index is 2.05. The van der Waals surface area contributed by atoms with Gasteiger partial charge in [-0.1, -0.05) is 12.8 Å². The van der Waals surface area contributed by atoms with E-state index in [1.807, 2.05) is 0 Å². The van der Waals surface area contributed by atoms with Crippen LogP contribution in [0.4, 0.5) is 0 Å². The third kappa shape index (κ3) is 0.710. The first-order valence-corrected chi connectivity index (χ1v) is 4.06. The lowest BCUT2D eigenvalue weighted by molar-refractivity contribution is 0.0686. The van der Waals surface area contributed by atoms with E-state index in [9.17, 15) is 0 Å². The van der Waals surface area contributed by atoms with Crippen molar-refractivity contribution in [3.8, 4) is 0 Å². The second-order valence-corrected chi connectivity index (χ2v) is 3.74. The van der Waals surface area contributed by atoms with E-state index in [1.54, 1.807) is 0 Å². The van der Waals surface area contributed by atoms with Gasteiger partial charge in [0, 0.05) is 12.1 Å². The molecular formula is C8H15N. The van der Waals surface area contributed by atoms with Crippen LogP contribution in [-0.2, 0) is 0 Å². The smallest absolute Gasteiger partial charge is 0.0193 e. The zero-order chi connectivity index (χ0) is 6.32. The van der Waals surface area contributed by atoms with Crippen LogP contribution < -0.4 is 5.32 Å². The summed E-state index contributed by atoms with van der Waals surface area (Å²) in [5, 5.41) is 3.52. The summed E-state index contributed by atoms with van der Waals surface area (Å²) in [6, 6.07) is 0. The van der Waals surface area contributed by atoms with Crippen molar-refractivity contribution in [2.75, 3.05) is 6.54 Å².